The summed E-state index contributed by atoms with van der Waals surface area (Å²) in [5.41, 5.74) is 6.32. The number of hydrogen-bond donors (Lipinski definition) is 2. The van der Waals surface area contributed by atoms with Crippen molar-refractivity contribution in [2.75, 3.05) is 5.73 Å². The minimum atomic E-state index is -0.324. The lowest BCUT2D eigenvalue weighted by molar-refractivity contribution is 0.0950. The van der Waals surface area contributed by atoms with Crippen LogP contribution in [0.25, 0.3) is 0 Å². The van der Waals surface area contributed by atoms with Crippen LogP contribution in [0.1, 0.15) is 16.2 Å². The van der Waals surface area contributed by atoms with Crippen LogP contribution in [0.4, 0.5) is 5.69 Å². The minimum Gasteiger partial charge on any atom is -0.398 e. The van der Waals surface area contributed by atoms with E-state index in [4.69, 9.17) is 5.73 Å². The highest BCUT2D eigenvalue weighted by Crippen LogP contribution is 2.07. The minimum absolute atomic E-state index is 0.184. The Kier molecular flexibility index (Phi) is 2.77. The molecule has 0 fully saturated rings. The summed E-state index contributed by atoms with van der Waals surface area (Å²) in [5, 5.41) is 6.15. The molecule has 1 amide bonds. The van der Waals surface area contributed by atoms with Crippen LogP contribution in [0.2, 0.25) is 0 Å². The van der Waals surface area contributed by atoms with Gasteiger partial charge < -0.3 is 15.6 Å². The van der Waals surface area contributed by atoms with Gasteiger partial charge in [0.1, 0.15) is 0 Å². The number of pyridine rings is 1. The third kappa shape index (κ3) is 2.14. The van der Waals surface area contributed by atoms with Crippen molar-refractivity contribution in [3.8, 4) is 0 Å². The van der Waals surface area contributed by atoms with Crippen molar-refractivity contribution in [3.05, 3.63) is 36.2 Å². The fourth-order valence-corrected chi connectivity index (χ4v) is 1.12. The highest BCUT2D eigenvalue weighted by molar-refractivity contribution is 5.98. The molecule has 0 atom stereocenters. The number of rotatable bonds is 3. The monoisotopic (exact) mass is 219 g/mol. The van der Waals surface area contributed by atoms with Gasteiger partial charge in [0.25, 0.3) is 5.91 Å². The second kappa shape index (κ2) is 4.39. The average Bonchev–Trinajstić information content (AvgIpc) is 2.79. The van der Waals surface area contributed by atoms with Crippen molar-refractivity contribution in [3.63, 3.8) is 0 Å². The number of nitrogens with two attached hydrogens (primary N) is 1. The Morgan fingerprint density at radius 1 is 1.56 bits per heavy atom. The van der Waals surface area contributed by atoms with E-state index in [-0.39, 0.29) is 12.5 Å². The Labute approximate surface area is 90.7 Å². The van der Waals surface area contributed by atoms with Crippen LogP contribution in [-0.4, -0.2) is 21.0 Å². The summed E-state index contributed by atoms with van der Waals surface area (Å²) in [4.78, 5) is 19.2. The molecule has 0 aliphatic heterocycles. The second-order valence-corrected chi connectivity index (χ2v) is 2.99. The number of nitrogens with one attached hydrogen (secondary N) is 1. The number of aromatic nitrogens is 3. The van der Waals surface area contributed by atoms with E-state index in [1.807, 2.05) is 0 Å². The molecule has 3 N–H and O–H groups in total. The van der Waals surface area contributed by atoms with Gasteiger partial charge in [0.2, 0.25) is 6.39 Å². The summed E-state index contributed by atoms with van der Waals surface area (Å²) in [6.07, 6.45) is 4.12. The first-order valence-electron chi connectivity index (χ1n) is 4.50. The summed E-state index contributed by atoms with van der Waals surface area (Å²) in [6.45, 7) is 0.184. The zero-order chi connectivity index (χ0) is 11.4. The fourth-order valence-electron chi connectivity index (χ4n) is 1.12. The Hall–Kier alpha value is -2.44. The average molecular weight is 219 g/mol. The molecule has 2 aromatic heterocycles. The molecule has 0 unspecified atom stereocenters. The summed E-state index contributed by atoms with van der Waals surface area (Å²) in [7, 11) is 0. The molecule has 0 aliphatic carbocycles. The van der Waals surface area contributed by atoms with Gasteiger partial charge in [-0.3, -0.25) is 9.78 Å². The highest BCUT2D eigenvalue weighted by Gasteiger charge is 2.09. The van der Waals surface area contributed by atoms with E-state index in [1.165, 1.54) is 18.8 Å². The van der Waals surface area contributed by atoms with E-state index in [0.717, 1.165) is 0 Å². The molecule has 0 saturated heterocycles. The summed E-state index contributed by atoms with van der Waals surface area (Å²) < 4.78 is 4.53. The van der Waals surface area contributed by atoms with E-state index < -0.39 is 0 Å². The molecule has 0 aromatic carbocycles. The van der Waals surface area contributed by atoms with Crippen LogP contribution >= 0.6 is 0 Å². The number of amides is 1. The molecule has 0 radical (unpaired) electrons. The van der Waals surface area contributed by atoms with Crippen molar-refractivity contribution in [2.45, 2.75) is 6.54 Å². The van der Waals surface area contributed by atoms with Crippen molar-refractivity contribution < 1.29 is 9.32 Å². The molecule has 0 aliphatic rings. The third-order valence-electron chi connectivity index (χ3n) is 1.91. The van der Waals surface area contributed by atoms with Crippen LogP contribution in [-0.2, 0) is 6.54 Å². The van der Waals surface area contributed by atoms with E-state index in [2.05, 4.69) is 25.0 Å². The smallest absolute Gasteiger partial charge is 0.255 e. The normalized spacial score (nSPS) is 10.0. The molecule has 16 heavy (non-hydrogen) atoms. The van der Waals surface area contributed by atoms with E-state index in [9.17, 15) is 4.79 Å². The zero-order valence-electron chi connectivity index (χ0n) is 8.25. The van der Waals surface area contributed by atoms with E-state index >= 15 is 0 Å². The molecular formula is C9H9N5O2. The van der Waals surface area contributed by atoms with Gasteiger partial charge >= 0.3 is 0 Å². The van der Waals surface area contributed by atoms with Crippen LogP contribution < -0.4 is 11.1 Å². The Balaban J connectivity index is 2.01. The summed E-state index contributed by atoms with van der Waals surface area (Å²) >= 11 is 0. The molecule has 2 rings (SSSR count). The second-order valence-electron chi connectivity index (χ2n) is 2.99. The molecule has 2 aromatic rings. The SMILES string of the molecule is Nc1ccncc1C(=O)NCc1ncon1. The Bertz CT molecular complexity index is 482. The topological polar surface area (TPSA) is 107 Å². The highest BCUT2D eigenvalue weighted by atomic mass is 16.5. The predicted octanol–water partition coefficient (Wildman–Crippen LogP) is -0.0232. The number of anilines is 1. The maximum atomic E-state index is 11.6. The number of nitrogens with zero attached hydrogens (tertiary/aromatic N) is 3. The van der Waals surface area contributed by atoms with Crippen molar-refractivity contribution in [2.24, 2.45) is 0 Å². The lowest BCUT2D eigenvalue weighted by Gasteiger charge is -2.04. The van der Waals surface area contributed by atoms with Crippen LogP contribution in [0.3, 0.4) is 0 Å². The van der Waals surface area contributed by atoms with Gasteiger partial charge in [-0.05, 0) is 6.07 Å². The van der Waals surface area contributed by atoms with Gasteiger partial charge in [0.05, 0.1) is 12.1 Å². The number of hydrogen-bond acceptors (Lipinski definition) is 6. The first-order valence-corrected chi connectivity index (χ1v) is 4.50. The number of nitrogen functional groups attached to an aromatic ring is 1. The van der Waals surface area contributed by atoms with Gasteiger partial charge in [-0.25, -0.2) is 0 Å². The van der Waals surface area contributed by atoms with Crippen molar-refractivity contribution in [1.82, 2.24) is 20.4 Å². The number of carbonyl (C=O) groups is 1. The lowest BCUT2D eigenvalue weighted by atomic mass is 10.2. The van der Waals surface area contributed by atoms with E-state index in [1.54, 1.807) is 6.07 Å². The van der Waals surface area contributed by atoms with Gasteiger partial charge in [0.15, 0.2) is 5.82 Å². The quantitative estimate of drug-likeness (QED) is 0.751. The van der Waals surface area contributed by atoms with Crippen LogP contribution in [0, 0.1) is 0 Å². The first kappa shape index (κ1) is 10.1. The van der Waals surface area contributed by atoms with E-state index in [0.29, 0.717) is 17.1 Å². The largest absolute Gasteiger partial charge is 0.398 e. The molecule has 82 valence electrons. The van der Waals surface area contributed by atoms with Crippen molar-refractivity contribution >= 4 is 11.6 Å². The van der Waals surface area contributed by atoms with Crippen LogP contribution in [0.5, 0.6) is 0 Å². The Morgan fingerprint density at radius 2 is 2.44 bits per heavy atom. The molecule has 0 bridgehead atoms. The molecule has 7 heteroatoms. The van der Waals surface area contributed by atoms with Gasteiger partial charge in [-0.2, -0.15) is 4.98 Å². The first-order chi connectivity index (χ1) is 7.77. The van der Waals surface area contributed by atoms with Crippen LogP contribution in [0.15, 0.2) is 29.4 Å². The fraction of sp³-hybridized carbons (Fsp3) is 0.111. The maximum absolute atomic E-state index is 11.6. The predicted molar refractivity (Wildman–Crippen MR) is 54.1 cm³/mol. The number of carbonyl (C=O) groups excluding carboxylic acids is 1. The van der Waals surface area contributed by atoms with Gasteiger partial charge in [0, 0.05) is 18.1 Å². The Morgan fingerprint density at radius 3 is 3.12 bits per heavy atom. The summed E-state index contributed by atoms with van der Waals surface area (Å²) in [5.74, 6) is 0.0752. The maximum Gasteiger partial charge on any atom is 0.255 e. The zero-order valence-corrected chi connectivity index (χ0v) is 8.25. The molecular weight excluding hydrogens is 210 g/mol. The van der Waals surface area contributed by atoms with Crippen molar-refractivity contribution in [1.29, 1.82) is 0 Å². The van der Waals surface area contributed by atoms with Gasteiger partial charge in [-0.1, -0.05) is 5.16 Å². The molecule has 0 saturated carbocycles. The lowest BCUT2D eigenvalue weighted by Crippen LogP contribution is -2.24. The van der Waals surface area contributed by atoms with Gasteiger partial charge in [-0.15, -0.1) is 0 Å². The third-order valence-corrected chi connectivity index (χ3v) is 1.91. The molecule has 0 spiro atoms. The standard InChI is InChI=1S/C9H9N5O2/c10-7-1-2-11-3-6(7)9(15)12-4-8-13-5-16-14-8/h1-3,5H,4H2,(H2,10,11)(H,12,15). The molecule has 2 heterocycles. The summed E-state index contributed by atoms with van der Waals surface area (Å²) in [6, 6.07) is 1.56. The molecule has 7 nitrogen and oxygen atoms in total.